The molecule has 8 aromatic rings. The maximum absolute atomic E-state index is 13.0. The normalized spacial score (nSPS) is 11.4. The van der Waals surface area contributed by atoms with Crippen molar-refractivity contribution in [1.82, 2.24) is 4.57 Å². The molecule has 0 aliphatic heterocycles. The summed E-state index contributed by atoms with van der Waals surface area (Å²) in [6.07, 6.45) is 25.9. The molecule has 71 heavy (non-hydrogen) atoms. The zero-order chi connectivity index (χ0) is 49.4. The van der Waals surface area contributed by atoms with E-state index in [1.54, 1.807) is 41.9 Å². The SMILES string of the molecule is Cn1c(=O)c(NC(=O)c2ccc(OCCCCCCCCCCOc3ccc(N(c4ccc(/C=C/c5cc[n+](C)cc5)cc4)c4ccc(/C=C/c5cc[n+](C)cc5)cc4)cc3)cc2)cc2cc(Br)ccc21. The molecule has 0 radical (unpaired) electrons. The van der Waals surface area contributed by atoms with Crippen LogP contribution in [0.25, 0.3) is 35.2 Å². The lowest BCUT2D eigenvalue weighted by Gasteiger charge is -2.26. The molecule has 1 N–H and O–H groups in total. The van der Waals surface area contributed by atoms with Crippen molar-refractivity contribution in [3.8, 4) is 11.5 Å². The maximum Gasteiger partial charge on any atom is 0.274 e. The van der Waals surface area contributed by atoms with Gasteiger partial charge in [-0.25, -0.2) is 9.13 Å². The first-order valence-corrected chi connectivity index (χ1v) is 25.3. The highest BCUT2D eigenvalue weighted by Gasteiger charge is 2.15. The highest BCUT2D eigenvalue weighted by Crippen LogP contribution is 2.36. The van der Waals surface area contributed by atoms with Crippen LogP contribution >= 0.6 is 15.9 Å². The number of ether oxygens (including phenoxy) is 2. The molecular weight excluding hydrogens is 947 g/mol. The molecule has 0 aliphatic carbocycles. The van der Waals surface area contributed by atoms with Gasteiger partial charge in [0.15, 0.2) is 24.8 Å². The van der Waals surface area contributed by atoms with Crippen molar-refractivity contribution >= 4 is 79.8 Å². The number of fused-ring (bicyclic) bond motifs is 1. The number of nitrogens with one attached hydrogen (secondary N) is 1. The molecule has 0 atom stereocenters. The smallest absolute Gasteiger partial charge is 0.274 e. The van der Waals surface area contributed by atoms with Crippen LogP contribution < -0.4 is 34.4 Å². The Hall–Kier alpha value is -7.56. The average molecular weight is 1010 g/mol. The number of carbonyl (C=O) groups is 1. The molecule has 0 fully saturated rings. The van der Waals surface area contributed by atoms with E-state index in [-0.39, 0.29) is 17.2 Å². The number of aryl methyl sites for hydroxylation is 3. The summed E-state index contributed by atoms with van der Waals surface area (Å²) in [4.78, 5) is 28.2. The lowest BCUT2D eigenvalue weighted by Crippen LogP contribution is -2.25. The zero-order valence-corrected chi connectivity index (χ0v) is 42.4. The molecule has 1 amide bonds. The van der Waals surface area contributed by atoms with Gasteiger partial charge in [-0.15, -0.1) is 0 Å². The fraction of sp³-hybridized carbons (Fsp3) is 0.213. The van der Waals surface area contributed by atoms with E-state index in [2.05, 4.69) is 172 Å². The molecule has 0 saturated carbocycles. The van der Waals surface area contributed by atoms with E-state index < -0.39 is 0 Å². The number of anilines is 4. The van der Waals surface area contributed by atoms with E-state index in [0.717, 1.165) is 91.9 Å². The number of benzene rings is 5. The number of aromatic nitrogens is 3. The second-order valence-corrected chi connectivity index (χ2v) is 18.8. The Morgan fingerprint density at radius 1 is 0.549 bits per heavy atom. The Morgan fingerprint density at radius 3 is 1.42 bits per heavy atom. The maximum atomic E-state index is 13.0. The highest BCUT2D eigenvalue weighted by atomic mass is 79.9. The standard InChI is InChI=1S/C61H61BrN5O4/c1-64-38-34-48(35-39-64)14-12-46-16-23-53(24-17-46)67(54-25-18-47(19-26-54)13-15-49-36-40-65(2)41-37-49)55-27-31-57(32-28-55)71-43-11-9-7-5-4-6-8-10-42-70-56-29-20-50(21-30-56)60(68)63-58-45-51-44-52(62)22-33-59(51)66(3)61(58)69/h12-41,44-45H,4-11,42-43H2,1-3H3/q+1/p+1. The third kappa shape index (κ3) is 14.3. The first kappa shape index (κ1) is 49.8. The molecule has 0 unspecified atom stereocenters. The number of hydrogen-bond donors (Lipinski definition) is 1. The Bertz CT molecular complexity index is 3010. The molecule has 8 rings (SSSR count). The van der Waals surface area contributed by atoms with E-state index >= 15 is 0 Å². The predicted octanol–water partition coefficient (Wildman–Crippen LogP) is 13.6. The van der Waals surface area contributed by atoms with Gasteiger partial charge in [0.05, 0.1) is 18.7 Å². The summed E-state index contributed by atoms with van der Waals surface area (Å²) in [5, 5.41) is 3.64. The topological polar surface area (TPSA) is 80.6 Å². The van der Waals surface area contributed by atoms with Crippen LogP contribution in [0.3, 0.4) is 0 Å². The van der Waals surface area contributed by atoms with Crippen LogP contribution in [0.5, 0.6) is 11.5 Å². The molecule has 0 saturated heterocycles. The minimum atomic E-state index is -0.342. The summed E-state index contributed by atoms with van der Waals surface area (Å²) >= 11 is 3.48. The van der Waals surface area contributed by atoms with E-state index in [0.29, 0.717) is 18.8 Å². The molecule has 0 bridgehead atoms. The highest BCUT2D eigenvalue weighted by molar-refractivity contribution is 9.10. The number of pyridine rings is 3. The Kier molecular flexibility index (Phi) is 17.4. The Labute approximate surface area is 426 Å². The van der Waals surface area contributed by atoms with Crippen molar-refractivity contribution < 1.29 is 23.4 Å². The lowest BCUT2D eigenvalue weighted by molar-refractivity contribution is -0.671. The third-order valence-corrected chi connectivity index (χ3v) is 13.0. The van der Waals surface area contributed by atoms with Crippen LogP contribution in [0, 0.1) is 0 Å². The van der Waals surface area contributed by atoms with Gasteiger partial charge in [0.25, 0.3) is 11.5 Å². The minimum Gasteiger partial charge on any atom is -0.494 e. The van der Waals surface area contributed by atoms with Gasteiger partial charge in [0, 0.05) is 63.8 Å². The molecule has 360 valence electrons. The third-order valence-electron chi connectivity index (χ3n) is 12.5. The molecule has 5 aromatic carbocycles. The largest absolute Gasteiger partial charge is 0.494 e. The van der Waals surface area contributed by atoms with Gasteiger partial charge in [-0.2, -0.15) is 0 Å². The predicted molar refractivity (Wildman–Crippen MR) is 293 cm³/mol. The summed E-state index contributed by atoms with van der Waals surface area (Å²) in [5.74, 6) is 1.26. The fourth-order valence-electron chi connectivity index (χ4n) is 8.32. The van der Waals surface area contributed by atoms with Crippen LogP contribution in [0.15, 0.2) is 180 Å². The van der Waals surface area contributed by atoms with Crippen molar-refractivity contribution in [3.05, 3.63) is 213 Å². The molecular formula is C61H62BrN5O4+2. The van der Waals surface area contributed by atoms with Gasteiger partial charge in [0.1, 0.15) is 31.3 Å². The minimum absolute atomic E-state index is 0.237. The van der Waals surface area contributed by atoms with E-state index in [4.69, 9.17) is 9.47 Å². The van der Waals surface area contributed by atoms with E-state index in [9.17, 15) is 9.59 Å². The number of hydrogen-bond acceptors (Lipinski definition) is 5. The van der Waals surface area contributed by atoms with Gasteiger partial charge in [-0.05, 0) is 132 Å². The van der Waals surface area contributed by atoms with Gasteiger partial charge >= 0.3 is 0 Å². The fourth-order valence-corrected chi connectivity index (χ4v) is 8.70. The number of rotatable bonds is 22. The molecule has 9 nitrogen and oxygen atoms in total. The van der Waals surface area contributed by atoms with Crippen molar-refractivity contribution in [2.24, 2.45) is 21.1 Å². The number of nitrogens with zero attached hydrogens (tertiary/aromatic N) is 4. The van der Waals surface area contributed by atoms with Crippen LogP contribution in [0.2, 0.25) is 0 Å². The Balaban J connectivity index is 0.746. The van der Waals surface area contributed by atoms with Crippen molar-refractivity contribution in [3.63, 3.8) is 0 Å². The second kappa shape index (κ2) is 24.8. The summed E-state index contributed by atoms with van der Waals surface area (Å²) in [6.45, 7) is 1.33. The summed E-state index contributed by atoms with van der Waals surface area (Å²) in [5.41, 5.74) is 9.03. The first-order valence-electron chi connectivity index (χ1n) is 24.5. The van der Waals surface area contributed by atoms with Gasteiger partial charge in [-0.3, -0.25) is 9.59 Å². The number of halogens is 1. The summed E-state index contributed by atoms with van der Waals surface area (Å²) in [6, 6.07) is 48.7. The zero-order valence-electron chi connectivity index (χ0n) is 40.8. The summed E-state index contributed by atoms with van der Waals surface area (Å²) < 4.78 is 18.7. The lowest BCUT2D eigenvalue weighted by atomic mass is 10.1. The van der Waals surface area contributed by atoms with Gasteiger partial charge < -0.3 is 24.3 Å². The van der Waals surface area contributed by atoms with Crippen molar-refractivity contribution in [2.75, 3.05) is 23.4 Å². The van der Waals surface area contributed by atoms with Crippen molar-refractivity contribution in [2.45, 2.75) is 51.4 Å². The van der Waals surface area contributed by atoms with Crippen molar-refractivity contribution in [1.29, 1.82) is 0 Å². The Morgan fingerprint density at radius 2 is 0.958 bits per heavy atom. The molecule has 0 aliphatic rings. The second-order valence-electron chi connectivity index (χ2n) is 17.9. The van der Waals surface area contributed by atoms with Crippen LogP contribution in [-0.4, -0.2) is 23.7 Å². The molecule has 0 spiro atoms. The van der Waals surface area contributed by atoms with E-state index in [1.165, 1.54) is 25.7 Å². The first-order chi connectivity index (χ1) is 34.6. The van der Waals surface area contributed by atoms with E-state index in [1.807, 2.05) is 41.4 Å². The number of unbranched alkanes of at least 4 members (excludes halogenated alkanes) is 7. The summed E-state index contributed by atoms with van der Waals surface area (Å²) in [7, 11) is 5.75. The quantitative estimate of drug-likeness (QED) is 0.0540. The van der Waals surface area contributed by atoms with Gasteiger partial charge in [-0.1, -0.05) is 103 Å². The average Bonchev–Trinajstić information content (AvgIpc) is 3.39. The molecule has 10 heteroatoms. The number of amides is 1. The molecule has 3 aromatic heterocycles. The van der Waals surface area contributed by atoms with Crippen LogP contribution in [-0.2, 0) is 21.1 Å². The number of carbonyl (C=O) groups excluding carboxylic acids is 1. The molecule has 3 heterocycles. The van der Waals surface area contributed by atoms with Gasteiger partial charge in [0.2, 0.25) is 0 Å². The van der Waals surface area contributed by atoms with Crippen LogP contribution in [0.4, 0.5) is 22.7 Å². The monoisotopic (exact) mass is 1010 g/mol. The van der Waals surface area contributed by atoms with Crippen LogP contribution in [0.1, 0.15) is 84.0 Å².